The number of phenolic OH excluding ortho intramolecular Hbond substituents is 1. The number of aliphatic imine (C=N–C) groups is 1. The number of hydrogen-bond donors (Lipinski definition) is 3. The summed E-state index contributed by atoms with van der Waals surface area (Å²) in [6.45, 7) is 12.8. The van der Waals surface area contributed by atoms with E-state index in [2.05, 4.69) is 41.0 Å². The summed E-state index contributed by atoms with van der Waals surface area (Å²) >= 11 is 0. The fraction of sp³-hybridized carbons (Fsp3) is 0.526. The summed E-state index contributed by atoms with van der Waals surface area (Å²) in [5, 5.41) is 16.2. The lowest BCUT2D eigenvalue weighted by atomic mass is 10.0. The van der Waals surface area contributed by atoms with Crippen molar-refractivity contribution >= 4 is 29.9 Å². The molecule has 1 aromatic carbocycles. The number of benzene rings is 1. The van der Waals surface area contributed by atoms with Crippen LogP contribution in [0.4, 0.5) is 0 Å². The summed E-state index contributed by atoms with van der Waals surface area (Å²) in [7, 11) is 0. The maximum Gasteiger partial charge on any atom is 0.191 e. The van der Waals surface area contributed by atoms with Gasteiger partial charge in [-0.1, -0.05) is 24.3 Å². The SMILES string of the molecule is C=C(C)CN1CCC(NC(=NCc2ccc(O)cc2)NCC)CC1.I. The zero-order valence-corrected chi connectivity index (χ0v) is 17.6. The van der Waals surface area contributed by atoms with Crippen molar-refractivity contribution in [2.75, 3.05) is 26.2 Å². The molecule has 0 aromatic heterocycles. The van der Waals surface area contributed by atoms with Crippen molar-refractivity contribution in [1.29, 1.82) is 0 Å². The Kier molecular flexibility index (Phi) is 9.89. The summed E-state index contributed by atoms with van der Waals surface area (Å²) in [4.78, 5) is 7.12. The Morgan fingerprint density at radius 1 is 1.28 bits per heavy atom. The molecule has 2 rings (SSSR count). The second kappa shape index (κ2) is 11.4. The van der Waals surface area contributed by atoms with Crippen molar-refractivity contribution in [3.8, 4) is 5.75 Å². The number of hydrogen-bond acceptors (Lipinski definition) is 3. The molecule has 0 radical (unpaired) electrons. The minimum atomic E-state index is 0. The largest absolute Gasteiger partial charge is 0.508 e. The van der Waals surface area contributed by atoms with Crippen LogP contribution in [0.15, 0.2) is 41.4 Å². The Balaban J connectivity index is 0.00000312. The third-order valence-electron chi connectivity index (χ3n) is 4.12. The van der Waals surface area contributed by atoms with Crippen LogP contribution in [0.3, 0.4) is 0 Å². The number of aromatic hydroxyl groups is 1. The average molecular weight is 458 g/mol. The Morgan fingerprint density at radius 3 is 2.48 bits per heavy atom. The van der Waals surface area contributed by atoms with E-state index in [1.807, 2.05) is 12.1 Å². The third kappa shape index (κ3) is 8.09. The van der Waals surface area contributed by atoms with Gasteiger partial charge in [0.1, 0.15) is 5.75 Å². The fourth-order valence-corrected chi connectivity index (χ4v) is 2.90. The van der Waals surface area contributed by atoms with Crippen molar-refractivity contribution in [3.63, 3.8) is 0 Å². The summed E-state index contributed by atoms with van der Waals surface area (Å²) in [6.07, 6.45) is 2.24. The summed E-state index contributed by atoms with van der Waals surface area (Å²) < 4.78 is 0. The molecule has 5 nitrogen and oxygen atoms in total. The molecule has 0 unspecified atom stereocenters. The van der Waals surface area contributed by atoms with Crippen LogP contribution < -0.4 is 10.6 Å². The summed E-state index contributed by atoms with van der Waals surface area (Å²) in [5.41, 5.74) is 2.31. The molecule has 3 N–H and O–H groups in total. The predicted molar refractivity (Wildman–Crippen MR) is 116 cm³/mol. The second-order valence-electron chi connectivity index (χ2n) is 6.51. The van der Waals surface area contributed by atoms with E-state index in [9.17, 15) is 5.11 Å². The van der Waals surface area contributed by atoms with Crippen LogP contribution in [-0.4, -0.2) is 48.2 Å². The van der Waals surface area contributed by atoms with Crippen molar-refractivity contribution in [2.45, 2.75) is 39.3 Å². The summed E-state index contributed by atoms with van der Waals surface area (Å²) in [5.74, 6) is 1.15. The van der Waals surface area contributed by atoms with Crippen molar-refractivity contribution < 1.29 is 5.11 Å². The highest BCUT2D eigenvalue weighted by Gasteiger charge is 2.19. The lowest BCUT2D eigenvalue weighted by Gasteiger charge is -2.33. The van der Waals surface area contributed by atoms with Gasteiger partial charge in [-0.15, -0.1) is 24.0 Å². The van der Waals surface area contributed by atoms with Crippen molar-refractivity contribution in [1.82, 2.24) is 15.5 Å². The van der Waals surface area contributed by atoms with Gasteiger partial charge in [0.2, 0.25) is 0 Å². The van der Waals surface area contributed by atoms with E-state index in [1.165, 1.54) is 5.57 Å². The van der Waals surface area contributed by atoms with Crippen LogP contribution in [0.2, 0.25) is 0 Å². The van der Waals surface area contributed by atoms with Gasteiger partial charge >= 0.3 is 0 Å². The molecule has 0 saturated carbocycles. The second-order valence-corrected chi connectivity index (χ2v) is 6.51. The molecule has 1 aromatic rings. The minimum Gasteiger partial charge on any atom is -0.508 e. The molecular weight excluding hydrogens is 427 g/mol. The van der Waals surface area contributed by atoms with E-state index in [0.717, 1.165) is 50.5 Å². The first-order valence-electron chi connectivity index (χ1n) is 8.76. The van der Waals surface area contributed by atoms with Gasteiger partial charge in [0.25, 0.3) is 0 Å². The number of piperidine rings is 1. The molecule has 0 amide bonds. The summed E-state index contributed by atoms with van der Waals surface area (Å²) in [6, 6.07) is 7.66. The molecule has 25 heavy (non-hydrogen) atoms. The zero-order valence-electron chi connectivity index (χ0n) is 15.3. The van der Waals surface area contributed by atoms with Gasteiger partial charge in [0.15, 0.2) is 5.96 Å². The Hall–Kier alpha value is -1.28. The Labute approximate surface area is 168 Å². The molecule has 1 aliphatic heterocycles. The molecular formula is C19H31IN4O. The van der Waals surface area contributed by atoms with Crippen LogP contribution >= 0.6 is 24.0 Å². The quantitative estimate of drug-likeness (QED) is 0.266. The molecule has 0 spiro atoms. The number of nitrogens with zero attached hydrogens (tertiary/aromatic N) is 2. The van der Waals surface area contributed by atoms with Gasteiger partial charge in [-0.2, -0.15) is 0 Å². The molecule has 6 heteroatoms. The molecule has 1 fully saturated rings. The van der Waals surface area contributed by atoms with E-state index in [0.29, 0.717) is 12.6 Å². The van der Waals surface area contributed by atoms with Crippen LogP contribution in [-0.2, 0) is 6.54 Å². The number of phenols is 1. The van der Waals surface area contributed by atoms with Crippen LogP contribution in [0.1, 0.15) is 32.3 Å². The van der Waals surface area contributed by atoms with Gasteiger partial charge in [-0.05, 0) is 44.4 Å². The van der Waals surface area contributed by atoms with Gasteiger partial charge in [0.05, 0.1) is 6.54 Å². The van der Waals surface area contributed by atoms with E-state index in [1.54, 1.807) is 12.1 Å². The van der Waals surface area contributed by atoms with Crippen LogP contribution in [0, 0.1) is 0 Å². The highest BCUT2D eigenvalue weighted by molar-refractivity contribution is 14.0. The average Bonchev–Trinajstić information content (AvgIpc) is 2.55. The number of likely N-dealkylation sites (tertiary alicyclic amines) is 1. The molecule has 0 aliphatic carbocycles. The molecule has 0 bridgehead atoms. The van der Waals surface area contributed by atoms with Crippen LogP contribution in [0.5, 0.6) is 5.75 Å². The molecule has 1 saturated heterocycles. The first-order chi connectivity index (χ1) is 11.6. The normalized spacial score (nSPS) is 16.2. The van der Waals surface area contributed by atoms with Crippen LogP contribution in [0.25, 0.3) is 0 Å². The van der Waals surface area contributed by atoms with Gasteiger partial charge in [-0.3, -0.25) is 4.90 Å². The van der Waals surface area contributed by atoms with Crippen molar-refractivity contribution in [2.24, 2.45) is 4.99 Å². The highest BCUT2D eigenvalue weighted by atomic mass is 127. The predicted octanol–water partition coefficient (Wildman–Crippen LogP) is 3.11. The smallest absolute Gasteiger partial charge is 0.191 e. The number of rotatable bonds is 6. The number of halogens is 1. The first-order valence-corrected chi connectivity index (χ1v) is 8.76. The number of nitrogens with one attached hydrogen (secondary N) is 2. The first kappa shape index (κ1) is 21.8. The molecule has 1 heterocycles. The lowest BCUT2D eigenvalue weighted by molar-refractivity contribution is 0.221. The monoisotopic (exact) mass is 458 g/mol. The minimum absolute atomic E-state index is 0. The maximum absolute atomic E-state index is 9.34. The molecule has 1 aliphatic rings. The van der Waals surface area contributed by atoms with E-state index in [4.69, 9.17) is 0 Å². The van der Waals surface area contributed by atoms with Crippen molar-refractivity contribution in [3.05, 3.63) is 42.0 Å². The highest BCUT2D eigenvalue weighted by Crippen LogP contribution is 2.12. The number of guanidine groups is 1. The maximum atomic E-state index is 9.34. The molecule has 140 valence electrons. The fourth-order valence-electron chi connectivity index (χ4n) is 2.90. The van der Waals surface area contributed by atoms with Gasteiger partial charge in [0, 0.05) is 32.2 Å². The standard InChI is InChI=1S/C19H30N4O.HI/c1-4-20-19(21-13-16-5-7-18(24)8-6-16)22-17-9-11-23(12-10-17)14-15(2)3;/h5-8,17,24H,2,4,9-14H2,1,3H3,(H2,20,21,22);1H. The topological polar surface area (TPSA) is 59.9 Å². The van der Waals surface area contributed by atoms with E-state index in [-0.39, 0.29) is 29.7 Å². The Bertz CT molecular complexity index is 551. The Morgan fingerprint density at radius 2 is 1.92 bits per heavy atom. The lowest BCUT2D eigenvalue weighted by Crippen LogP contribution is -2.48. The molecule has 0 atom stereocenters. The van der Waals surface area contributed by atoms with Gasteiger partial charge < -0.3 is 15.7 Å². The third-order valence-corrected chi connectivity index (χ3v) is 4.12. The van der Waals surface area contributed by atoms with E-state index < -0.39 is 0 Å². The van der Waals surface area contributed by atoms with E-state index >= 15 is 0 Å². The zero-order chi connectivity index (χ0) is 17.4. The van der Waals surface area contributed by atoms with Gasteiger partial charge in [-0.25, -0.2) is 4.99 Å².